The maximum Gasteiger partial charge on any atom is 0.274 e. The summed E-state index contributed by atoms with van der Waals surface area (Å²) in [5.41, 5.74) is 9.92. The topological polar surface area (TPSA) is 90.9 Å². The molecular weight excluding hydrogens is 386 g/mol. The Hall–Kier alpha value is -1.53. The van der Waals surface area contributed by atoms with Gasteiger partial charge >= 0.3 is 0 Å². The lowest BCUT2D eigenvalue weighted by molar-refractivity contribution is -0.539. The van der Waals surface area contributed by atoms with Crippen LogP contribution in [-0.4, -0.2) is 58.3 Å². The first-order valence-corrected chi connectivity index (χ1v) is 11.0. The molecule has 1 unspecified atom stereocenters. The van der Waals surface area contributed by atoms with E-state index in [9.17, 15) is 5.11 Å². The summed E-state index contributed by atoms with van der Waals surface area (Å²) in [5, 5.41) is 11.2. The van der Waals surface area contributed by atoms with Gasteiger partial charge in [0.1, 0.15) is 0 Å². The fourth-order valence-electron chi connectivity index (χ4n) is 4.15. The van der Waals surface area contributed by atoms with Gasteiger partial charge in [-0.2, -0.15) is 0 Å². The highest BCUT2D eigenvalue weighted by atomic mass is 35.5. The van der Waals surface area contributed by atoms with E-state index in [1.165, 1.54) is 31.5 Å². The van der Waals surface area contributed by atoms with Gasteiger partial charge in [0, 0.05) is 25.5 Å². The molecule has 2 aliphatic heterocycles. The molecule has 5 N–H and O–H groups in total. The molecule has 0 aromatic heterocycles. The number of hydrogen-bond acceptors (Lipinski definition) is 3. The molecule has 0 radical (unpaired) electrons. The van der Waals surface area contributed by atoms with Crippen LogP contribution in [0.1, 0.15) is 70.6 Å². The van der Waals surface area contributed by atoms with Crippen LogP contribution in [-0.2, 0) is 0 Å². The van der Waals surface area contributed by atoms with Gasteiger partial charge in [0.05, 0.1) is 19.6 Å². The monoisotopic (exact) mass is 425 g/mol. The minimum Gasteiger partial charge on any atom is -1.00 e. The van der Waals surface area contributed by atoms with Crippen molar-refractivity contribution in [1.29, 1.82) is 0 Å². The van der Waals surface area contributed by atoms with Crippen LogP contribution in [0.25, 0.3) is 0 Å². The molecule has 0 aliphatic carbocycles. The van der Waals surface area contributed by atoms with Gasteiger partial charge in [0.25, 0.3) is 5.84 Å². The predicted molar refractivity (Wildman–Crippen MR) is 117 cm³/mol. The molecule has 0 saturated carbocycles. The van der Waals surface area contributed by atoms with Gasteiger partial charge in [0.2, 0.25) is 5.72 Å². The SMILES string of the molecule is C=CCCCCCCCC1(O)C=CC2=[N+](CCCCCN=C(N)N)CCCN21.[Cl-]. The summed E-state index contributed by atoms with van der Waals surface area (Å²) in [6.07, 6.45) is 18.4. The molecule has 166 valence electrons. The number of guanidine groups is 1. The van der Waals surface area contributed by atoms with E-state index in [1.54, 1.807) is 0 Å². The normalized spacial score (nSPS) is 20.4. The molecule has 0 fully saturated rings. The third kappa shape index (κ3) is 8.39. The summed E-state index contributed by atoms with van der Waals surface area (Å²) in [7, 11) is 0. The number of aliphatic hydroxyl groups is 1. The lowest BCUT2D eigenvalue weighted by Crippen LogP contribution is -3.00. The van der Waals surface area contributed by atoms with E-state index in [2.05, 4.69) is 27.1 Å². The van der Waals surface area contributed by atoms with Crippen LogP contribution in [0.3, 0.4) is 0 Å². The number of halogens is 1. The number of aliphatic imine (C=N–C) groups is 1. The quantitative estimate of drug-likeness (QED) is 0.117. The first kappa shape index (κ1) is 25.5. The average molecular weight is 426 g/mol. The Labute approximate surface area is 182 Å². The van der Waals surface area contributed by atoms with Crippen LogP contribution < -0.4 is 23.9 Å². The van der Waals surface area contributed by atoms with Crippen molar-refractivity contribution in [2.75, 3.05) is 26.2 Å². The first-order chi connectivity index (χ1) is 13.6. The first-order valence-electron chi connectivity index (χ1n) is 11.0. The van der Waals surface area contributed by atoms with Gasteiger partial charge in [-0.15, -0.1) is 6.58 Å². The third-order valence-electron chi connectivity index (χ3n) is 5.71. The molecule has 0 aromatic rings. The van der Waals surface area contributed by atoms with Crippen LogP contribution in [0.4, 0.5) is 0 Å². The molecule has 1 atom stereocenters. The van der Waals surface area contributed by atoms with E-state index in [1.807, 2.05) is 12.2 Å². The average Bonchev–Trinajstić information content (AvgIpc) is 3.01. The number of allylic oxidation sites excluding steroid dienone is 1. The molecule has 7 heteroatoms. The fraction of sp³-hybridized carbons (Fsp3) is 0.727. The van der Waals surface area contributed by atoms with E-state index in [0.29, 0.717) is 6.54 Å². The van der Waals surface area contributed by atoms with Crippen LogP contribution in [0.2, 0.25) is 0 Å². The Morgan fingerprint density at radius 3 is 2.66 bits per heavy atom. The Kier molecular flexibility index (Phi) is 12.0. The predicted octanol–water partition coefficient (Wildman–Crippen LogP) is -0.274. The Morgan fingerprint density at radius 2 is 1.90 bits per heavy atom. The van der Waals surface area contributed by atoms with E-state index in [-0.39, 0.29) is 18.4 Å². The second kappa shape index (κ2) is 13.6. The van der Waals surface area contributed by atoms with Crippen LogP contribution in [0.15, 0.2) is 29.8 Å². The van der Waals surface area contributed by atoms with E-state index in [0.717, 1.165) is 64.6 Å². The van der Waals surface area contributed by atoms with Crippen molar-refractivity contribution < 1.29 is 22.1 Å². The van der Waals surface area contributed by atoms with Crippen LogP contribution >= 0.6 is 0 Å². The molecule has 0 amide bonds. The van der Waals surface area contributed by atoms with Crippen molar-refractivity contribution in [3.05, 3.63) is 24.8 Å². The number of hydrogen-bond donors (Lipinski definition) is 3. The molecule has 0 saturated heterocycles. The van der Waals surface area contributed by atoms with Crippen LogP contribution in [0.5, 0.6) is 0 Å². The number of unbranched alkanes of at least 4 members (excludes halogenated alkanes) is 7. The summed E-state index contributed by atoms with van der Waals surface area (Å²) in [5.74, 6) is 1.37. The molecule has 0 spiro atoms. The van der Waals surface area contributed by atoms with Gasteiger partial charge in [-0.25, -0.2) is 4.90 Å². The maximum absolute atomic E-state index is 11.2. The smallest absolute Gasteiger partial charge is 0.274 e. The fourth-order valence-corrected chi connectivity index (χ4v) is 4.15. The lowest BCUT2D eigenvalue weighted by atomic mass is 10.0. The molecule has 2 aliphatic rings. The minimum absolute atomic E-state index is 0. The molecule has 29 heavy (non-hydrogen) atoms. The zero-order valence-electron chi connectivity index (χ0n) is 17.9. The maximum atomic E-state index is 11.2. The number of amidine groups is 1. The van der Waals surface area contributed by atoms with Crippen molar-refractivity contribution in [2.45, 2.75) is 76.4 Å². The third-order valence-corrected chi connectivity index (χ3v) is 5.71. The van der Waals surface area contributed by atoms with Gasteiger partial charge in [-0.1, -0.05) is 25.3 Å². The number of nitrogens with two attached hydrogens (primary N) is 2. The van der Waals surface area contributed by atoms with Crippen molar-refractivity contribution in [1.82, 2.24) is 4.90 Å². The number of fused-ring (bicyclic) bond motifs is 1. The van der Waals surface area contributed by atoms with E-state index >= 15 is 0 Å². The Morgan fingerprint density at radius 1 is 1.17 bits per heavy atom. The van der Waals surface area contributed by atoms with Crippen molar-refractivity contribution >= 4 is 11.8 Å². The van der Waals surface area contributed by atoms with Crippen molar-refractivity contribution in [3.8, 4) is 0 Å². The Bertz CT molecular complexity index is 586. The second-order valence-corrected chi connectivity index (χ2v) is 8.02. The zero-order valence-corrected chi connectivity index (χ0v) is 18.6. The lowest BCUT2D eigenvalue weighted by Gasteiger charge is -2.32. The van der Waals surface area contributed by atoms with E-state index < -0.39 is 5.72 Å². The molecule has 2 heterocycles. The standard InChI is InChI=1S/C22H40N5O.ClH/c1-2-3-4-5-6-7-9-14-22(28)15-13-20-26(18-12-19-27(20)22)17-11-8-10-16-25-21(23)24;/h2,13,15,28H,1,3-12,14,16-19H2,(H4,23,24,25);1H/q+1;/p-1. The van der Waals surface area contributed by atoms with Crippen molar-refractivity contribution in [2.24, 2.45) is 16.5 Å². The van der Waals surface area contributed by atoms with Gasteiger partial charge < -0.3 is 29.0 Å². The van der Waals surface area contributed by atoms with Gasteiger partial charge in [-0.05, 0) is 44.6 Å². The molecule has 0 aromatic carbocycles. The number of nitrogens with zero attached hydrogens (tertiary/aromatic N) is 3. The highest BCUT2D eigenvalue weighted by molar-refractivity contribution is 5.92. The highest BCUT2D eigenvalue weighted by Gasteiger charge is 2.46. The molecule has 2 rings (SSSR count). The summed E-state index contributed by atoms with van der Waals surface area (Å²) in [6, 6.07) is 0. The van der Waals surface area contributed by atoms with Gasteiger partial charge in [-0.3, -0.25) is 9.57 Å². The Balaban J connectivity index is 0.00000420. The molecule has 6 nitrogen and oxygen atoms in total. The largest absolute Gasteiger partial charge is 1.00 e. The molecule has 0 bridgehead atoms. The second-order valence-electron chi connectivity index (χ2n) is 8.02. The summed E-state index contributed by atoms with van der Waals surface area (Å²) < 4.78 is 2.42. The zero-order chi connectivity index (χ0) is 20.2. The molecular formula is C22H40ClN5O. The highest BCUT2D eigenvalue weighted by Crippen LogP contribution is 2.30. The summed E-state index contributed by atoms with van der Waals surface area (Å²) >= 11 is 0. The summed E-state index contributed by atoms with van der Waals surface area (Å²) in [4.78, 5) is 6.25. The van der Waals surface area contributed by atoms with Gasteiger partial charge in [0.15, 0.2) is 5.96 Å². The summed E-state index contributed by atoms with van der Waals surface area (Å²) in [6.45, 7) is 7.52. The minimum atomic E-state index is -0.789. The number of rotatable bonds is 14. The van der Waals surface area contributed by atoms with E-state index in [4.69, 9.17) is 11.5 Å². The van der Waals surface area contributed by atoms with Crippen molar-refractivity contribution in [3.63, 3.8) is 0 Å². The van der Waals surface area contributed by atoms with Crippen LogP contribution in [0, 0.1) is 0 Å².